The van der Waals surface area contributed by atoms with Crippen LogP contribution in [0.5, 0.6) is 0 Å². The number of carbonyl (C=O) groups is 2. The van der Waals surface area contributed by atoms with Crippen LogP contribution in [0.2, 0.25) is 0 Å². The van der Waals surface area contributed by atoms with Crippen molar-refractivity contribution in [2.24, 2.45) is 0 Å². The molecule has 2 amide bonds. The maximum absolute atomic E-state index is 12.1. The minimum atomic E-state index is -0.216. The third-order valence-corrected chi connectivity index (χ3v) is 3.69. The van der Waals surface area contributed by atoms with E-state index in [2.05, 4.69) is 5.32 Å². The van der Waals surface area contributed by atoms with Gasteiger partial charge in [-0.15, -0.1) is 0 Å². The molecule has 5 heteroatoms. The Morgan fingerprint density at radius 3 is 2.71 bits per heavy atom. The van der Waals surface area contributed by atoms with Crippen LogP contribution in [-0.4, -0.2) is 24.4 Å². The third kappa shape index (κ3) is 4.06. The first-order chi connectivity index (χ1) is 10.1. The molecule has 1 fully saturated rings. The Morgan fingerprint density at radius 1 is 1.38 bits per heavy atom. The highest BCUT2D eigenvalue weighted by Gasteiger charge is 2.20. The number of hydrogen-bond donors (Lipinski definition) is 1. The molecule has 0 unspecified atom stereocenters. The molecule has 0 heterocycles. The average molecular weight is 285 g/mol. The first kappa shape index (κ1) is 15.0. The molecule has 0 aliphatic heterocycles. The molecule has 1 aliphatic rings. The molecule has 0 atom stereocenters. The number of anilines is 1. The van der Waals surface area contributed by atoms with Crippen molar-refractivity contribution in [2.45, 2.75) is 38.6 Å². The second kappa shape index (κ2) is 6.89. The van der Waals surface area contributed by atoms with Crippen LogP contribution >= 0.6 is 0 Å². The van der Waals surface area contributed by atoms with Crippen molar-refractivity contribution >= 4 is 17.5 Å². The first-order valence-corrected chi connectivity index (χ1v) is 7.18. The normalized spacial score (nSPS) is 14.5. The highest BCUT2D eigenvalue weighted by atomic mass is 16.2. The summed E-state index contributed by atoms with van der Waals surface area (Å²) >= 11 is 0. The number of benzene rings is 1. The van der Waals surface area contributed by atoms with Gasteiger partial charge in [0.15, 0.2) is 0 Å². The minimum absolute atomic E-state index is 0.0132. The SMILES string of the molecule is CC(=O)N(CC(=O)NC1CCCC1)c1cccc(C#N)c1. The second-order valence-electron chi connectivity index (χ2n) is 5.32. The molecule has 21 heavy (non-hydrogen) atoms. The Kier molecular flexibility index (Phi) is 4.94. The molecule has 0 bridgehead atoms. The van der Waals surface area contributed by atoms with Crippen LogP contribution in [0.4, 0.5) is 5.69 Å². The first-order valence-electron chi connectivity index (χ1n) is 7.18. The summed E-state index contributed by atoms with van der Waals surface area (Å²) in [7, 11) is 0. The Balaban J connectivity index is 2.06. The Hall–Kier alpha value is -2.35. The summed E-state index contributed by atoms with van der Waals surface area (Å²) in [6, 6.07) is 8.98. The van der Waals surface area contributed by atoms with Crippen molar-refractivity contribution in [3.8, 4) is 6.07 Å². The van der Waals surface area contributed by atoms with Gasteiger partial charge in [0.05, 0.1) is 11.6 Å². The van der Waals surface area contributed by atoms with E-state index in [0.29, 0.717) is 11.3 Å². The summed E-state index contributed by atoms with van der Waals surface area (Å²) in [6.07, 6.45) is 4.31. The summed E-state index contributed by atoms with van der Waals surface area (Å²) in [5, 5.41) is 11.9. The van der Waals surface area contributed by atoms with Crippen LogP contribution in [0.3, 0.4) is 0 Å². The van der Waals surface area contributed by atoms with E-state index in [1.165, 1.54) is 11.8 Å². The smallest absolute Gasteiger partial charge is 0.240 e. The zero-order valence-electron chi connectivity index (χ0n) is 12.1. The monoisotopic (exact) mass is 285 g/mol. The van der Waals surface area contributed by atoms with Crippen LogP contribution in [0, 0.1) is 11.3 Å². The molecule has 1 aliphatic carbocycles. The van der Waals surface area contributed by atoms with Crippen molar-refractivity contribution in [1.29, 1.82) is 5.26 Å². The van der Waals surface area contributed by atoms with Gasteiger partial charge in [-0.1, -0.05) is 18.9 Å². The molecule has 1 saturated carbocycles. The maximum Gasteiger partial charge on any atom is 0.240 e. The zero-order chi connectivity index (χ0) is 15.2. The van der Waals surface area contributed by atoms with Gasteiger partial charge < -0.3 is 10.2 Å². The van der Waals surface area contributed by atoms with Crippen LogP contribution in [0.25, 0.3) is 0 Å². The molecule has 1 N–H and O–H groups in total. The van der Waals surface area contributed by atoms with Crippen molar-refractivity contribution in [1.82, 2.24) is 5.32 Å². The van der Waals surface area contributed by atoms with Gasteiger partial charge in [-0.3, -0.25) is 9.59 Å². The van der Waals surface area contributed by atoms with E-state index in [9.17, 15) is 9.59 Å². The fourth-order valence-corrected chi connectivity index (χ4v) is 2.61. The molecule has 2 rings (SSSR count). The number of hydrogen-bond acceptors (Lipinski definition) is 3. The molecule has 1 aromatic rings. The van der Waals surface area contributed by atoms with Crippen molar-refractivity contribution < 1.29 is 9.59 Å². The minimum Gasteiger partial charge on any atom is -0.352 e. The molecule has 0 aromatic heterocycles. The van der Waals surface area contributed by atoms with Gasteiger partial charge in [0.25, 0.3) is 0 Å². The summed E-state index contributed by atoms with van der Waals surface area (Å²) in [4.78, 5) is 25.2. The third-order valence-electron chi connectivity index (χ3n) is 3.69. The van der Waals surface area contributed by atoms with E-state index in [0.717, 1.165) is 25.7 Å². The summed E-state index contributed by atoms with van der Waals surface area (Å²) < 4.78 is 0. The van der Waals surface area contributed by atoms with Gasteiger partial charge in [0, 0.05) is 18.7 Å². The van der Waals surface area contributed by atoms with E-state index in [4.69, 9.17) is 5.26 Å². The van der Waals surface area contributed by atoms with E-state index in [1.54, 1.807) is 24.3 Å². The van der Waals surface area contributed by atoms with Gasteiger partial charge in [-0.2, -0.15) is 5.26 Å². The van der Waals surface area contributed by atoms with Crippen LogP contribution in [-0.2, 0) is 9.59 Å². The predicted octanol–water partition coefficient (Wildman–Crippen LogP) is 1.97. The van der Waals surface area contributed by atoms with Gasteiger partial charge in [-0.25, -0.2) is 0 Å². The second-order valence-corrected chi connectivity index (χ2v) is 5.32. The summed E-state index contributed by atoms with van der Waals surface area (Å²) in [6.45, 7) is 1.41. The lowest BCUT2D eigenvalue weighted by atomic mass is 10.2. The highest BCUT2D eigenvalue weighted by molar-refractivity contribution is 5.97. The zero-order valence-corrected chi connectivity index (χ0v) is 12.1. The number of carbonyl (C=O) groups excluding carboxylic acids is 2. The highest BCUT2D eigenvalue weighted by Crippen LogP contribution is 2.18. The lowest BCUT2D eigenvalue weighted by Gasteiger charge is -2.22. The van der Waals surface area contributed by atoms with Crippen LogP contribution in [0.1, 0.15) is 38.2 Å². The molecule has 1 aromatic carbocycles. The molecule has 0 spiro atoms. The Labute approximate surface area is 124 Å². The molecule has 5 nitrogen and oxygen atoms in total. The Morgan fingerprint density at radius 2 is 2.10 bits per heavy atom. The molecule has 0 radical (unpaired) electrons. The quantitative estimate of drug-likeness (QED) is 0.919. The molecular formula is C16H19N3O2. The number of nitrogens with one attached hydrogen (secondary N) is 1. The Bertz CT molecular complexity index is 571. The number of rotatable bonds is 4. The largest absolute Gasteiger partial charge is 0.352 e. The molecular weight excluding hydrogens is 266 g/mol. The lowest BCUT2D eigenvalue weighted by molar-refractivity contribution is -0.123. The van der Waals surface area contributed by atoms with Crippen molar-refractivity contribution in [3.05, 3.63) is 29.8 Å². The van der Waals surface area contributed by atoms with Gasteiger partial charge in [0.1, 0.15) is 6.54 Å². The molecule has 0 saturated heterocycles. The fourth-order valence-electron chi connectivity index (χ4n) is 2.61. The topological polar surface area (TPSA) is 73.2 Å². The summed E-state index contributed by atoms with van der Waals surface area (Å²) in [5.41, 5.74) is 1.04. The predicted molar refractivity (Wildman–Crippen MR) is 79.6 cm³/mol. The number of nitrogens with zero attached hydrogens (tertiary/aromatic N) is 2. The average Bonchev–Trinajstić information content (AvgIpc) is 2.97. The van der Waals surface area contributed by atoms with E-state index in [1.807, 2.05) is 6.07 Å². The van der Waals surface area contributed by atoms with Crippen molar-refractivity contribution in [2.75, 3.05) is 11.4 Å². The van der Waals surface area contributed by atoms with Gasteiger partial charge >= 0.3 is 0 Å². The lowest BCUT2D eigenvalue weighted by Crippen LogP contribution is -2.43. The van der Waals surface area contributed by atoms with Gasteiger partial charge in [-0.05, 0) is 31.0 Å². The van der Waals surface area contributed by atoms with Crippen LogP contribution < -0.4 is 10.2 Å². The fraction of sp³-hybridized carbons (Fsp3) is 0.438. The standard InChI is InChI=1S/C16H19N3O2/c1-12(20)19(15-8-4-5-13(9-15)10-17)11-16(21)18-14-6-2-3-7-14/h4-5,8-9,14H,2-3,6-7,11H2,1H3,(H,18,21). The summed E-state index contributed by atoms with van der Waals surface area (Å²) in [5.74, 6) is -0.369. The van der Waals surface area contributed by atoms with E-state index >= 15 is 0 Å². The molecule has 110 valence electrons. The van der Waals surface area contributed by atoms with Gasteiger partial charge in [0.2, 0.25) is 11.8 Å². The number of amides is 2. The maximum atomic E-state index is 12.1. The van der Waals surface area contributed by atoms with E-state index < -0.39 is 0 Å². The van der Waals surface area contributed by atoms with E-state index in [-0.39, 0.29) is 24.4 Å². The number of nitriles is 1. The van der Waals surface area contributed by atoms with Crippen LogP contribution in [0.15, 0.2) is 24.3 Å². The van der Waals surface area contributed by atoms with Crippen molar-refractivity contribution in [3.63, 3.8) is 0 Å².